The smallest absolute Gasteiger partial charge is 0.344 e. The van der Waals surface area contributed by atoms with Gasteiger partial charge in [-0.2, -0.15) is 0 Å². The van der Waals surface area contributed by atoms with E-state index in [-0.39, 0.29) is 12.4 Å². The summed E-state index contributed by atoms with van der Waals surface area (Å²) in [6.07, 6.45) is -1.00. The summed E-state index contributed by atoms with van der Waals surface area (Å²) >= 11 is 5.87. The third-order valence-corrected chi connectivity index (χ3v) is 3.95. The van der Waals surface area contributed by atoms with Gasteiger partial charge in [0.05, 0.1) is 0 Å². The maximum atomic E-state index is 12.1. The second-order valence-electron chi connectivity index (χ2n) is 5.95. The van der Waals surface area contributed by atoms with Crippen LogP contribution in [0.5, 0.6) is 5.75 Å². The molecule has 0 aliphatic rings. The molecule has 1 amide bonds. The number of hydrogen-bond acceptors (Lipinski definition) is 5. The lowest BCUT2D eigenvalue weighted by molar-refractivity contribution is -0.155. The van der Waals surface area contributed by atoms with E-state index in [1.807, 2.05) is 0 Å². The van der Waals surface area contributed by atoms with Gasteiger partial charge in [0.25, 0.3) is 5.91 Å². The number of amides is 1. The highest BCUT2D eigenvalue weighted by atomic mass is 35.5. The summed E-state index contributed by atoms with van der Waals surface area (Å²) in [6.45, 7) is 4.40. The molecule has 0 aliphatic heterocycles. The third kappa shape index (κ3) is 6.11. The average Bonchev–Trinajstić information content (AvgIpc) is 2.61. The fourth-order valence-corrected chi connectivity index (χ4v) is 2.45. The molecular formula is C20H20ClNO5. The van der Waals surface area contributed by atoms with E-state index >= 15 is 0 Å². The number of ketones is 1. The van der Waals surface area contributed by atoms with Gasteiger partial charge in [0.1, 0.15) is 5.75 Å². The molecule has 1 N–H and O–H groups in total. The first kappa shape index (κ1) is 20.5. The Morgan fingerprint density at radius 3 is 2.37 bits per heavy atom. The maximum absolute atomic E-state index is 12.1. The Morgan fingerprint density at radius 2 is 1.78 bits per heavy atom. The number of ether oxygens (including phenoxy) is 2. The normalized spacial score (nSPS) is 11.4. The number of nitrogens with one attached hydrogen (secondary N) is 1. The van der Waals surface area contributed by atoms with Gasteiger partial charge in [-0.25, -0.2) is 4.79 Å². The zero-order chi connectivity index (χ0) is 20.0. The minimum atomic E-state index is -1.00. The van der Waals surface area contributed by atoms with Crippen LogP contribution in [0.3, 0.4) is 0 Å². The molecule has 1 atom stereocenters. The van der Waals surface area contributed by atoms with E-state index in [2.05, 4.69) is 5.32 Å². The van der Waals surface area contributed by atoms with Crippen LogP contribution >= 0.6 is 11.6 Å². The standard InChI is InChI=1S/C20H20ClNO5/c1-12-10-16(21)6-9-18(12)26-11-19(24)27-14(3)20(25)22-17-7-4-15(5-8-17)13(2)23/h4-10,14H,11H2,1-3H3,(H,22,25)/t14-/m0/s1. The Labute approximate surface area is 162 Å². The lowest BCUT2D eigenvalue weighted by atomic mass is 10.1. The highest BCUT2D eigenvalue weighted by Crippen LogP contribution is 2.21. The molecule has 6 nitrogen and oxygen atoms in total. The van der Waals surface area contributed by atoms with Gasteiger partial charge in [0.2, 0.25) is 0 Å². The van der Waals surface area contributed by atoms with Crippen LogP contribution in [0, 0.1) is 6.92 Å². The number of anilines is 1. The van der Waals surface area contributed by atoms with Crippen LogP contribution in [0.4, 0.5) is 5.69 Å². The topological polar surface area (TPSA) is 81.7 Å². The number of rotatable bonds is 7. The maximum Gasteiger partial charge on any atom is 0.344 e. The van der Waals surface area contributed by atoms with Gasteiger partial charge < -0.3 is 14.8 Å². The van der Waals surface area contributed by atoms with E-state index in [9.17, 15) is 14.4 Å². The summed E-state index contributed by atoms with van der Waals surface area (Å²) in [5.74, 6) is -0.703. The van der Waals surface area contributed by atoms with Crippen molar-refractivity contribution in [3.63, 3.8) is 0 Å². The lowest BCUT2D eigenvalue weighted by Crippen LogP contribution is -2.31. The predicted octanol–water partition coefficient (Wildman–Crippen LogP) is 3.80. The van der Waals surface area contributed by atoms with Crippen LogP contribution in [0.2, 0.25) is 5.02 Å². The van der Waals surface area contributed by atoms with Gasteiger partial charge in [-0.1, -0.05) is 11.6 Å². The Morgan fingerprint density at radius 1 is 1.11 bits per heavy atom. The Balaban J connectivity index is 1.84. The molecule has 0 bridgehead atoms. The fraction of sp³-hybridized carbons (Fsp3) is 0.250. The van der Waals surface area contributed by atoms with Crippen molar-refractivity contribution in [2.24, 2.45) is 0 Å². The number of Topliss-reactive ketones (excluding diaryl/α,β-unsaturated/α-hetero) is 1. The van der Waals surface area contributed by atoms with E-state index < -0.39 is 18.0 Å². The van der Waals surface area contributed by atoms with Gasteiger partial charge >= 0.3 is 5.97 Å². The molecule has 0 aliphatic carbocycles. The van der Waals surface area contributed by atoms with Crippen LogP contribution in [-0.2, 0) is 14.3 Å². The van der Waals surface area contributed by atoms with Gasteiger partial charge in [0, 0.05) is 16.3 Å². The molecule has 2 aromatic carbocycles. The monoisotopic (exact) mass is 389 g/mol. The zero-order valence-corrected chi connectivity index (χ0v) is 16.0. The summed E-state index contributed by atoms with van der Waals surface area (Å²) in [5.41, 5.74) is 1.83. The van der Waals surface area contributed by atoms with Crippen molar-refractivity contribution in [1.29, 1.82) is 0 Å². The fourth-order valence-electron chi connectivity index (χ4n) is 2.23. The molecule has 0 saturated heterocycles. The molecule has 0 fully saturated rings. The Hall–Kier alpha value is -2.86. The van der Waals surface area contributed by atoms with Gasteiger partial charge in [-0.15, -0.1) is 0 Å². The number of aryl methyl sites for hydroxylation is 1. The number of carbonyl (C=O) groups is 3. The lowest BCUT2D eigenvalue weighted by Gasteiger charge is -2.14. The van der Waals surface area contributed by atoms with E-state index in [4.69, 9.17) is 21.1 Å². The number of hydrogen-bond donors (Lipinski definition) is 1. The predicted molar refractivity (Wildman–Crippen MR) is 102 cm³/mol. The van der Waals surface area contributed by atoms with Crippen LogP contribution in [0.25, 0.3) is 0 Å². The second kappa shape index (κ2) is 9.19. The number of carbonyl (C=O) groups excluding carboxylic acids is 3. The molecule has 2 rings (SSSR count). The first-order valence-electron chi connectivity index (χ1n) is 8.26. The third-order valence-electron chi connectivity index (χ3n) is 3.72. The molecule has 0 radical (unpaired) electrons. The molecule has 0 unspecified atom stereocenters. The summed E-state index contributed by atoms with van der Waals surface area (Å²) in [6, 6.07) is 11.5. The average molecular weight is 390 g/mol. The Kier molecular flexibility index (Phi) is 6.96. The summed E-state index contributed by atoms with van der Waals surface area (Å²) in [7, 11) is 0. The second-order valence-corrected chi connectivity index (χ2v) is 6.39. The highest BCUT2D eigenvalue weighted by molar-refractivity contribution is 6.30. The minimum absolute atomic E-state index is 0.0638. The molecule has 27 heavy (non-hydrogen) atoms. The molecular weight excluding hydrogens is 370 g/mol. The van der Waals surface area contributed by atoms with Crippen molar-refractivity contribution in [2.75, 3.05) is 11.9 Å². The van der Waals surface area contributed by atoms with Crippen molar-refractivity contribution in [3.05, 3.63) is 58.6 Å². The molecule has 0 saturated carbocycles. The zero-order valence-electron chi connectivity index (χ0n) is 15.2. The largest absolute Gasteiger partial charge is 0.482 e. The quantitative estimate of drug-likeness (QED) is 0.575. The SMILES string of the molecule is CC(=O)c1ccc(NC(=O)[C@H](C)OC(=O)COc2ccc(Cl)cc2C)cc1. The van der Waals surface area contributed by atoms with Crippen LogP contribution in [0.1, 0.15) is 29.8 Å². The van der Waals surface area contributed by atoms with E-state index in [0.29, 0.717) is 22.0 Å². The molecule has 7 heteroatoms. The first-order valence-corrected chi connectivity index (χ1v) is 8.64. The highest BCUT2D eigenvalue weighted by Gasteiger charge is 2.18. The van der Waals surface area contributed by atoms with Crippen molar-refractivity contribution >= 4 is 34.9 Å². The molecule has 2 aromatic rings. The van der Waals surface area contributed by atoms with Crippen molar-refractivity contribution in [1.82, 2.24) is 0 Å². The summed E-state index contributed by atoms with van der Waals surface area (Å²) in [4.78, 5) is 35.3. The molecule has 0 heterocycles. The van der Waals surface area contributed by atoms with E-state index in [0.717, 1.165) is 5.56 Å². The number of benzene rings is 2. The van der Waals surface area contributed by atoms with Crippen LogP contribution < -0.4 is 10.1 Å². The van der Waals surface area contributed by atoms with Crippen LogP contribution in [-0.4, -0.2) is 30.4 Å². The number of esters is 1. The van der Waals surface area contributed by atoms with Gasteiger partial charge in [-0.05, 0) is 68.8 Å². The summed E-state index contributed by atoms with van der Waals surface area (Å²) < 4.78 is 10.5. The van der Waals surface area contributed by atoms with Gasteiger partial charge in [0.15, 0.2) is 18.5 Å². The Bertz CT molecular complexity index is 848. The van der Waals surface area contributed by atoms with Crippen molar-refractivity contribution < 1.29 is 23.9 Å². The summed E-state index contributed by atoms with van der Waals surface area (Å²) in [5, 5.41) is 3.19. The van der Waals surface area contributed by atoms with E-state index in [1.165, 1.54) is 13.8 Å². The molecule has 0 spiro atoms. The van der Waals surface area contributed by atoms with Crippen molar-refractivity contribution in [3.8, 4) is 5.75 Å². The van der Waals surface area contributed by atoms with Crippen molar-refractivity contribution in [2.45, 2.75) is 26.9 Å². The van der Waals surface area contributed by atoms with Crippen LogP contribution in [0.15, 0.2) is 42.5 Å². The number of halogens is 1. The first-order chi connectivity index (χ1) is 12.8. The molecule has 142 valence electrons. The minimum Gasteiger partial charge on any atom is -0.482 e. The van der Waals surface area contributed by atoms with E-state index in [1.54, 1.807) is 49.4 Å². The van der Waals surface area contributed by atoms with Gasteiger partial charge in [-0.3, -0.25) is 9.59 Å². The molecule has 0 aromatic heterocycles.